The first-order valence-electron chi connectivity index (χ1n) is 6.74. The molecule has 0 amide bonds. The van der Waals surface area contributed by atoms with Gasteiger partial charge in [-0.1, -0.05) is 31.0 Å². The molecule has 0 radical (unpaired) electrons. The SMILES string of the molecule is OC(c1cc2ccccc2o1)C1CCCCCN1. The van der Waals surface area contributed by atoms with Crippen molar-refractivity contribution < 1.29 is 9.52 Å². The van der Waals surface area contributed by atoms with Crippen molar-refractivity contribution in [3.63, 3.8) is 0 Å². The predicted molar refractivity (Wildman–Crippen MR) is 71.4 cm³/mol. The number of hydrogen-bond donors (Lipinski definition) is 2. The molecule has 1 aliphatic heterocycles. The largest absolute Gasteiger partial charge is 0.458 e. The van der Waals surface area contributed by atoms with Crippen LogP contribution >= 0.6 is 0 Å². The molecule has 3 rings (SSSR count). The van der Waals surface area contributed by atoms with Crippen LogP contribution in [-0.2, 0) is 0 Å². The van der Waals surface area contributed by atoms with Crippen LogP contribution in [0.1, 0.15) is 37.5 Å². The predicted octanol–water partition coefficient (Wildman–Crippen LogP) is 3.00. The third-order valence-corrected chi connectivity index (χ3v) is 3.72. The van der Waals surface area contributed by atoms with Crippen molar-refractivity contribution in [3.05, 3.63) is 36.1 Å². The van der Waals surface area contributed by atoms with Crippen molar-refractivity contribution in [2.75, 3.05) is 6.54 Å². The third-order valence-electron chi connectivity index (χ3n) is 3.72. The number of hydrogen-bond acceptors (Lipinski definition) is 3. The molecule has 1 fully saturated rings. The highest BCUT2D eigenvalue weighted by Gasteiger charge is 2.24. The van der Waals surface area contributed by atoms with E-state index < -0.39 is 6.10 Å². The fourth-order valence-electron chi connectivity index (χ4n) is 2.67. The number of aliphatic hydroxyl groups excluding tert-OH is 1. The van der Waals surface area contributed by atoms with Gasteiger partial charge in [0.05, 0.1) is 0 Å². The first-order valence-corrected chi connectivity index (χ1v) is 6.74. The molecule has 1 aromatic carbocycles. The van der Waals surface area contributed by atoms with Gasteiger partial charge in [-0.05, 0) is 31.5 Å². The molecule has 2 unspecified atom stereocenters. The van der Waals surface area contributed by atoms with Gasteiger partial charge in [0.2, 0.25) is 0 Å². The van der Waals surface area contributed by atoms with E-state index in [1.807, 2.05) is 30.3 Å². The Balaban J connectivity index is 1.83. The Morgan fingerprint density at radius 1 is 1.22 bits per heavy atom. The van der Waals surface area contributed by atoms with Gasteiger partial charge in [-0.2, -0.15) is 0 Å². The maximum atomic E-state index is 10.4. The van der Waals surface area contributed by atoms with Gasteiger partial charge in [-0.15, -0.1) is 0 Å². The van der Waals surface area contributed by atoms with Gasteiger partial charge in [0.25, 0.3) is 0 Å². The smallest absolute Gasteiger partial charge is 0.135 e. The zero-order chi connectivity index (χ0) is 12.4. The average Bonchev–Trinajstić information content (AvgIpc) is 2.64. The standard InChI is InChI=1S/C15H19NO2/c17-15(12-7-2-1-5-9-16-12)14-10-11-6-3-4-8-13(11)18-14/h3-4,6,8,10,12,15-17H,1-2,5,7,9H2. The first kappa shape index (κ1) is 11.8. The molecule has 0 aliphatic carbocycles. The van der Waals surface area contributed by atoms with E-state index in [0.29, 0.717) is 5.76 Å². The monoisotopic (exact) mass is 245 g/mol. The number of para-hydroxylation sites is 1. The van der Waals surface area contributed by atoms with Gasteiger partial charge < -0.3 is 14.8 Å². The third kappa shape index (κ3) is 2.28. The zero-order valence-corrected chi connectivity index (χ0v) is 10.4. The van der Waals surface area contributed by atoms with Crippen LogP contribution in [0.5, 0.6) is 0 Å². The molecule has 18 heavy (non-hydrogen) atoms. The van der Waals surface area contributed by atoms with Gasteiger partial charge in [0.15, 0.2) is 0 Å². The van der Waals surface area contributed by atoms with Crippen molar-refractivity contribution in [2.24, 2.45) is 0 Å². The number of furan rings is 1. The van der Waals surface area contributed by atoms with E-state index in [-0.39, 0.29) is 6.04 Å². The van der Waals surface area contributed by atoms with E-state index in [1.165, 1.54) is 19.3 Å². The maximum Gasteiger partial charge on any atom is 0.135 e. The van der Waals surface area contributed by atoms with Crippen molar-refractivity contribution in [3.8, 4) is 0 Å². The number of aliphatic hydroxyl groups is 1. The molecular formula is C15H19NO2. The summed E-state index contributed by atoms with van der Waals surface area (Å²) >= 11 is 0. The van der Waals surface area contributed by atoms with Gasteiger partial charge in [0.1, 0.15) is 17.4 Å². The highest BCUT2D eigenvalue weighted by atomic mass is 16.4. The van der Waals surface area contributed by atoms with Gasteiger partial charge in [-0.3, -0.25) is 0 Å². The average molecular weight is 245 g/mol. The summed E-state index contributed by atoms with van der Waals surface area (Å²) in [6.45, 7) is 0.988. The molecule has 2 N–H and O–H groups in total. The van der Waals surface area contributed by atoms with Gasteiger partial charge in [-0.25, -0.2) is 0 Å². The van der Waals surface area contributed by atoms with Crippen molar-refractivity contribution in [1.82, 2.24) is 5.32 Å². The molecule has 2 atom stereocenters. The Morgan fingerprint density at radius 3 is 3.00 bits per heavy atom. The van der Waals surface area contributed by atoms with Crippen LogP contribution < -0.4 is 5.32 Å². The maximum absolute atomic E-state index is 10.4. The van der Waals surface area contributed by atoms with Gasteiger partial charge in [0, 0.05) is 11.4 Å². The van der Waals surface area contributed by atoms with Crippen LogP contribution in [0.4, 0.5) is 0 Å². The quantitative estimate of drug-likeness (QED) is 0.855. The minimum absolute atomic E-state index is 0.119. The first-order chi connectivity index (χ1) is 8.84. The number of benzene rings is 1. The van der Waals surface area contributed by atoms with E-state index in [0.717, 1.165) is 23.9 Å². The fourth-order valence-corrected chi connectivity index (χ4v) is 2.67. The van der Waals surface area contributed by atoms with E-state index in [4.69, 9.17) is 4.42 Å². The topological polar surface area (TPSA) is 45.4 Å². The highest BCUT2D eigenvalue weighted by Crippen LogP contribution is 2.28. The van der Waals surface area contributed by atoms with Crippen LogP contribution in [0.2, 0.25) is 0 Å². The molecule has 0 saturated carbocycles. The fraction of sp³-hybridized carbons (Fsp3) is 0.467. The number of nitrogens with one attached hydrogen (secondary N) is 1. The molecule has 0 spiro atoms. The lowest BCUT2D eigenvalue weighted by Crippen LogP contribution is -2.34. The molecule has 2 heterocycles. The Labute approximate surface area is 107 Å². The summed E-state index contributed by atoms with van der Waals surface area (Å²) in [6, 6.07) is 9.95. The van der Waals surface area contributed by atoms with Crippen LogP contribution in [-0.4, -0.2) is 17.7 Å². The summed E-state index contributed by atoms with van der Waals surface area (Å²) < 4.78 is 5.73. The zero-order valence-electron chi connectivity index (χ0n) is 10.4. The van der Waals surface area contributed by atoms with E-state index in [1.54, 1.807) is 0 Å². The second-order valence-electron chi connectivity index (χ2n) is 5.04. The Bertz CT molecular complexity index is 479. The van der Waals surface area contributed by atoms with Crippen molar-refractivity contribution in [2.45, 2.75) is 37.8 Å². The summed E-state index contributed by atoms with van der Waals surface area (Å²) in [5, 5.41) is 14.9. The Hall–Kier alpha value is -1.32. The molecule has 3 nitrogen and oxygen atoms in total. The Morgan fingerprint density at radius 2 is 2.11 bits per heavy atom. The van der Waals surface area contributed by atoms with Crippen LogP contribution in [0, 0.1) is 0 Å². The lowest BCUT2D eigenvalue weighted by Gasteiger charge is -2.20. The molecule has 0 bridgehead atoms. The molecule has 1 aromatic heterocycles. The minimum atomic E-state index is -0.546. The van der Waals surface area contributed by atoms with Crippen LogP contribution in [0.3, 0.4) is 0 Å². The molecule has 2 aromatic rings. The van der Waals surface area contributed by atoms with Crippen LogP contribution in [0.25, 0.3) is 11.0 Å². The van der Waals surface area contributed by atoms with E-state index in [2.05, 4.69) is 5.32 Å². The molecule has 96 valence electrons. The van der Waals surface area contributed by atoms with E-state index >= 15 is 0 Å². The van der Waals surface area contributed by atoms with Gasteiger partial charge >= 0.3 is 0 Å². The number of fused-ring (bicyclic) bond motifs is 1. The normalized spacial score (nSPS) is 22.8. The molecular weight excluding hydrogens is 226 g/mol. The summed E-state index contributed by atoms with van der Waals surface area (Å²) in [6.07, 6.45) is 4.09. The summed E-state index contributed by atoms with van der Waals surface area (Å²) in [5.74, 6) is 0.676. The molecule has 1 saturated heterocycles. The highest BCUT2D eigenvalue weighted by molar-refractivity contribution is 5.77. The minimum Gasteiger partial charge on any atom is -0.458 e. The Kier molecular flexibility index (Phi) is 3.35. The second-order valence-corrected chi connectivity index (χ2v) is 5.04. The van der Waals surface area contributed by atoms with E-state index in [9.17, 15) is 5.11 Å². The number of rotatable bonds is 2. The summed E-state index contributed by atoms with van der Waals surface area (Å²) in [4.78, 5) is 0. The molecule has 3 heteroatoms. The van der Waals surface area contributed by atoms with Crippen molar-refractivity contribution in [1.29, 1.82) is 0 Å². The second kappa shape index (κ2) is 5.12. The lowest BCUT2D eigenvalue weighted by molar-refractivity contribution is 0.105. The van der Waals surface area contributed by atoms with Crippen molar-refractivity contribution >= 4 is 11.0 Å². The lowest BCUT2D eigenvalue weighted by atomic mass is 10.0. The summed E-state index contributed by atoms with van der Waals surface area (Å²) in [7, 11) is 0. The molecule has 1 aliphatic rings. The summed E-state index contributed by atoms with van der Waals surface area (Å²) in [5.41, 5.74) is 0.847. The van der Waals surface area contributed by atoms with Crippen LogP contribution in [0.15, 0.2) is 34.7 Å².